The molecule has 0 unspecified atom stereocenters. The first-order valence-electron chi connectivity index (χ1n) is 16.7. The number of rotatable bonds is 14. The lowest BCUT2D eigenvalue weighted by molar-refractivity contribution is -0.131. The zero-order chi connectivity index (χ0) is 34.7. The highest BCUT2D eigenvalue weighted by atomic mass is 19.3. The number of ketones is 2. The van der Waals surface area contributed by atoms with E-state index in [9.17, 15) is 23.2 Å². The minimum Gasteiger partial charge on any atom is -0.344 e. The summed E-state index contributed by atoms with van der Waals surface area (Å²) in [6.45, 7) is -0.496. The van der Waals surface area contributed by atoms with Gasteiger partial charge in [-0.15, -0.1) is 0 Å². The van der Waals surface area contributed by atoms with Crippen molar-refractivity contribution in [1.82, 2.24) is 25.3 Å². The van der Waals surface area contributed by atoms with Gasteiger partial charge >= 0.3 is 6.43 Å². The molecule has 2 aliphatic rings. The number of hydrogen-bond acceptors (Lipinski definition) is 8. The molecule has 1 amide bonds. The molecular weight excluding hydrogens is 626 g/mol. The lowest BCUT2D eigenvalue weighted by Crippen LogP contribution is -2.35. The van der Waals surface area contributed by atoms with Crippen LogP contribution in [0, 0.1) is 10.8 Å². The summed E-state index contributed by atoms with van der Waals surface area (Å²) in [4.78, 5) is 51.6. The van der Waals surface area contributed by atoms with E-state index in [1.165, 1.54) is 49.2 Å². The number of nitrogens with two attached hydrogens (primary N) is 1. The maximum atomic E-state index is 12.1. The molecule has 256 valence electrons. The first kappa shape index (κ1) is 35.5. The predicted octanol–water partition coefficient (Wildman–Crippen LogP) is 5.57. The second-order valence-corrected chi connectivity index (χ2v) is 13.2. The molecule has 2 aromatic carbocycles. The highest BCUT2D eigenvalue weighted by Crippen LogP contribution is 2.46. The van der Waals surface area contributed by atoms with Crippen LogP contribution < -0.4 is 11.1 Å². The molecule has 11 heteroatoms. The van der Waals surface area contributed by atoms with E-state index in [1.807, 2.05) is 29.6 Å². The Bertz CT molecular complexity index is 1680. The van der Waals surface area contributed by atoms with E-state index in [2.05, 4.69) is 56.3 Å². The first-order chi connectivity index (χ1) is 23.7. The van der Waals surface area contributed by atoms with E-state index in [4.69, 9.17) is 5.73 Å². The van der Waals surface area contributed by atoms with Gasteiger partial charge in [0.05, 0.1) is 24.2 Å². The van der Waals surface area contributed by atoms with Crippen molar-refractivity contribution in [3.8, 4) is 0 Å². The van der Waals surface area contributed by atoms with Crippen LogP contribution in [0.25, 0.3) is 0 Å². The van der Waals surface area contributed by atoms with Crippen LogP contribution in [-0.2, 0) is 30.5 Å². The summed E-state index contributed by atoms with van der Waals surface area (Å²) in [6.07, 6.45) is 13.6. The average molecular weight is 669 g/mol. The van der Waals surface area contributed by atoms with E-state index in [0.29, 0.717) is 11.4 Å². The molecule has 2 fully saturated rings. The normalized spacial score (nSPS) is 15.6. The lowest BCUT2D eigenvalue weighted by Gasteiger charge is -2.42. The van der Waals surface area contributed by atoms with Gasteiger partial charge in [-0.05, 0) is 60.5 Å². The molecule has 0 atom stereocenters. The van der Waals surface area contributed by atoms with E-state index >= 15 is 0 Å². The molecule has 0 saturated heterocycles. The standard InChI is InChI=1S/C20H21F2N3O2.C18H21N3O/c21-18(22)19(27)25-13-16(26)15-11-23-17(24-12-15)10-20(7-4-8-20)9-14-5-2-1-3-6-14;19-11-16(22)15-12-20-17(21-13-15)10-18(7-4-8-18)9-14-5-2-1-3-6-14/h1-3,5-6,11-12,18H,4,7-10,13H2,(H,25,27);1-3,5-6,12-13H,4,7-11,19H2. The molecule has 2 heterocycles. The van der Waals surface area contributed by atoms with E-state index in [1.54, 1.807) is 12.4 Å². The van der Waals surface area contributed by atoms with Gasteiger partial charge in [0.1, 0.15) is 11.6 Å². The summed E-state index contributed by atoms with van der Waals surface area (Å²) < 4.78 is 24.3. The SMILES string of the molecule is NCC(=O)c1cnc(CC2(Cc3ccccc3)CCC2)nc1.O=C(CNC(=O)C(F)F)c1cnc(CC2(Cc3ccccc3)CCC2)nc1. The summed E-state index contributed by atoms with van der Waals surface area (Å²) in [5.41, 5.74) is 9.14. The lowest BCUT2D eigenvalue weighted by atomic mass is 9.63. The van der Waals surface area contributed by atoms with Crippen LogP contribution in [0.2, 0.25) is 0 Å². The van der Waals surface area contributed by atoms with Crippen LogP contribution in [0.4, 0.5) is 8.78 Å². The number of amides is 1. The Morgan fingerprint density at radius 2 is 1.06 bits per heavy atom. The molecule has 3 N–H and O–H groups in total. The zero-order valence-electron chi connectivity index (χ0n) is 27.5. The molecule has 4 aromatic rings. The van der Waals surface area contributed by atoms with Gasteiger partial charge in [0, 0.05) is 37.6 Å². The molecule has 2 saturated carbocycles. The Morgan fingerprint density at radius 1 is 0.653 bits per heavy atom. The quantitative estimate of drug-likeness (QED) is 0.166. The zero-order valence-corrected chi connectivity index (χ0v) is 27.5. The fraction of sp³-hybridized carbons (Fsp3) is 0.395. The minimum atomic E-state index is -3.14. The summed E-state index contributed by atoms with van der Waals surface area (Å²) in [7, 11) is 0. The number of alkyl halides is 2. The topological polar surface area (TPSA) is 141 Å². The van der Waals surface area contributed by atoms with Crippen LogP contribution in [0.3, 0.4) is 0 Å². The van der Waals surface area contributed by atoms with Crippen molar-refractivity contribution < 1.29 is 23.2 Å². The minimum absolute atomic E-state index is 0.000646. The number of Topliss-reactive ketones (excluding diaryl/α,β-unsaturated/α-hetero) is 2. The molecule has 0 radical (unpaired) electrons. The number of aromatic nitrogens is 4. The van der Waals surface area contributed by atoms with Crippen LogP contribution in [-0.4, -0.2) is 56.9 Å². The van der Waals surface area contributed by atoms with Crippen LogP contribution in [0.5, 0.6) is 0 Å². The van der Waals surface area contributed by atoms with Crippen molar-refractivity contribution in [3.05, 3.63) is 119 Å². The van der Waals surface area contributed by atoms with Gasteiger partial charge in [-0.3, -0.25) is 14.4 Å². The Kier molecular flexibility index (Phi) is 12.0. The van der Waals surface area contributed by atoms with Crippen molar-refractivity contribution in [2.75, 3.05) is 13.1 Å². The first-order valence-corrected chi connectivity index (χ1v) is 16.7. The van der Waals surface area contributed by atoms with Gasteiger partial charge in [-0.2, -0.15) is 8.78 Å². The fourth-order valence-corrected chi connectivity index (χ4v) is 6.56. The third kappa shape index (κ3) is 9.88. The fourth-order valence-electron chi connectivity index (χ4n) is 6.56. The number of carbonyl (C=O) groups is 3. The largest absolute Gasteiger partial charge is 0.344 e. The molecule has 6 rings (SSSR count). The molecular formula is C38H42F2N6O3. The Hall–Kier alpha value is -4.77. The second-order valence-electron chi connectivity index (χ2n) is 13.2. The molecule has 0 aliphatic heterocycles. The van der Waals surface area contributed by atoms with Gasteiger partial charge in [0.25, 0.3) is 5.91 Å². The van der Waals surface area contributed by atoms with E-state index in [-0.39, 0.29) is 28.7 Å². The number of benzene rings is 2. The van der Waals surface area contributed by atoms with Gasteiger partial charge in [0.2, 0.25) is 0 Å². The number of hydrogen-bond donors (Lipinski definition) is 2. The Morgan fingerprint density at radius 3 is 1.41 bits per heavy atom. The van der Waals surface area contributed by atoms with Gasteiger partial charge in [-0.25, -0.2) is 19.9 Å². The summed E-state index contributed by atoms with van der Waals surface area (Å²) >= 11 is 0. The van der Waals surface area contributed by atoms with Gasteiger partial charge < -0.3 is 11.1 Å². The summed E-state index contributed by atoms with van der Waals surface area (Å²) in [5.74, 6) is -0.593. The van der Waals surface area contributed by atoms with Gasteiger partial charge in [-0.1, -0.05) is 73.5 Å². The van der Waals surface area contributed by atoms with Crippen molar-refractivity contribution in [2.24, 2.45) is 16.6 Å². The van der Waals surface area contributed by atoms with Crippen molar-refractivity contribution in [2.45, 2.75) is 70.6 Å². The Balaban J connectivity index is 0.000000195. The maximum Gasteiger partial charge on any atom is 0.315 e. The Labute approximate surface area is 285 Å². The average Bonchev–Trinajstić information content (AvgIpc) is 3.10. The smallest absolute Gasteiger partial charge is 0.315 e. The number of nitrogens with zero attached hydrogens (tertiary/aromatic N) is 4. The van der Waals surface area contributed by atoms with Crippen LogP contribution >= 0.6 is 0 Å². The third-order valence-corrected chi connectivity index (χ3v) is 9.60. The molecule has 0 spiro atoms. The van der Waals surface area contributed by atoms with Crippen molar-refractivity contribution >= 4 is 17.5 Å². The molecule has 49 heavy (non-hydrogen) atoms. The summed E-state index contributed by atoms with van der Waals surface area (Å²) in [5, 5.41) is 1.88. The molecule has 2 aliphatic carbocycles. The van der Waals surface area contributed by atoms with Crippen molar-refractivity contribution in [3.63, 3.8) is 0 Å². The predicted molar refractivity (Wildman–Crippen MR) is 181 cm³/mol. The van der Waals surface area contributed by atoms with Gasteiger partial charge in [0.15, 0.2) is 11.6 Å². The number of carbonyl (C=O) groups excluding carboxylic acids is 3. The van der Waals surface area contributed by atoms with Crippen molar-refractivity contribution in [1.29, 1.82) is 0 Å². The maximum absolute atomic E-state index is 12.1. The summed E-state index contributed by atoms with van der Waals surface area (Å²) in [6, 6.07) is 20.9. The van der Waals surface area contributed by atoms with Crippen LogP contribution in [0.15, 0.2) is 85.5 Å². The van der Waals surface area contributed by atoms with Crippen LogP contribution in [0.1, 0.15) is 82.0 Å². The highest BCUT2D eigenvalue weighted by molar-refractivity contribution is 5.99. The molecule has 0 bridgehead atoms. The number of halogens is 2. The molecule has 2 aromatic heterocycles. The van der Waals surface area contributed by atoms with E-state index < -0.39 is 24.7 Å². The number of nitrogens with one attached hydrogen (secondary N) is 1. The molecule has 9 nitrogen and oxygen atoms in total. The monoisotopic (exact) mass is 668 g/mol. The van der Waals surface area contributed by atoms with E-state index in [0.717, 1.165) is 44.3 Å². The third-order valence-electron chi connectivity index (χ3n) is 9.60. The second kappa shape index (κ2) is 16.6. The highest BCUT2D eigenvalue weighted by Gasteiger charge is 2.39.